The summed E-state index contributed by atoms with van der Waals surface area (Å²) in [6.07, 6.45) is 3.22. The molecule has 1 aliphatic heterocycles. The number of aromatic nitrogens is 2. The van der Waals surface area contributed by atoms with Crippen LogP contribution in [0.5, 0.6) is 0 Å². The van der Waals surface area contributed by atoms with Gasteiger partial charge in [0.2, 0.25) is 11.8 Å². The number of nitrogens with one attached hydrogen (secondary N) is 1. The average Bonchev–Trinajstić information content (AvgIpc) is 3.06. The lowest BCUT2D eigenvalue weighted by Gasteiger charge is -2.16. The number of hydrogen-bond donors (Lipinski definition) is 2. The summed E-state index contributed by atoms with van der Waals surface area (Å²) >= 11 is 0. The molecule has 0 aliphatic carbocycles. The van der Waals surface area contributed by atoms with Gasteiger partial charge in [-0.3, -0.25) is 14.4 Å². The molecule has 2 heterocycles. The molecule has 0 saturated carbocycles. The molecule has 1 saturated heterocycles. The molecule has 1 aromatic heterocycles. The topological polar surface area (TPSA) is 109 Å². The Balaban J connectivity index is 1.59. The Morgan fingerprint density at radius 1 is 1.38 bits per heavy atom. The highest BCUT2D eigenvalue weighted by atomic mass is 16.2. The number of H-pyrrole nitrogens is 1. The molecule has 3 N–H and O–H groups in total. The zero-order valence-corrected chi connectivity index (χ0v) is 14.7. The third kappa shape index (κ3) is 4.17. The summed E-state index contributed by atoms with van der Waals surface area (Å²) in [4.78, 5) is 44.1. The van der Waals surface area contributed by atoms with Crippen molar-refractivity contribution in [3.63, 3.8) is 0 Å². The Morgan fingerprint density at radius 2 is 2.19 bits per heavy atom. The summed E-state index contributed by atoms with van der Waals surface area (Å²) in [6.45, 7) is 3.03. The number of likely N-dealkylation sites (tertiary alicyclic amines) is 1. The fraction of sp³-hybridized carbons (Fsp3) is 0.368. The predicted molar refractivity (Wildman–Crippen MR) is 96.6 cm³/mol. The Labute approximate surface area is 151 Å². The van der Waals surface area contributed by atoms with Gasteiger partial charge in [-0.25, -0.2) is 4.98 Å². The normalized spacial score (nSPS) is 16.7. The molecule has 7 heteroatoms. The van der Waals surface area contributed by atoms with Crippen molar-refractivity contribution in [3.05, 3.63) is 63.3 Å². The van der Waals surface area contributed by atoms with Crippen molar-refractivity contribution in [3.8, 4) is 0 Å². The lowest BCUT2D eigenvalue weighted by atomic mass is 9.97. The SMILES string of the molecule is Cc1ncc(CC(=O)N2CCC(Cc3cccc(C(N)=O)c3)C2)c(=O)[nH]1. The molecule has 1 aliphatic rings. The number of aryl methyl sites for hydroxylation is 1. The molecular weight excluding hydrogens is 332 g/mol. The number of primary amides is 1. The molecule has 2 amide bonds. The maximum Gasteiger partial charge on any atom is 0.254 e. The van der Waals surface area contributed by atoms with Crippen LogP contribution in [0.25, 0.3) is 0 Å². The monoisotopic (exact) mass is 354 g/mol. The van der Waals surface area contributed by atoms with Gasteiger partial charge in [0.25, 0.3) is 5.56 Å². The van der Waals surface area contributed by atoms with E-state index >= 15 is 0 Å². The van der Waals surface area contributed by atoms with Gasteiger partial charge in [-0.1, -0.05) is 12.1 Å². The summed E-state index contributed by atoms with van der Waals surface area (Å²) < 4.78 is 0. The predicted octanol–water partition coefficient (Wildman–Crippen LogP) is 0.811. The summed E-state index contributed by atoms with van der Waals surface area (Å²) in [5, 5.41) is 0. The number of amides is 2. The quantitative estimate of drug-likeness (QED) is 0.828. The van der Waals surface area contributed by atoms with Gasteiger partial charge in [0, 0.05) is 30.4 Å². The van der Waals surface area contributed by atoms with E-state index < -0.39 is 5.91 Å². The summed E-state index contributed by atoms with van der Waals surface area (Å²) in [5.74, 6) is 0.365. The summed E-state index contributed by atoms with van der Waals surface area (Å²) in [5.41, 5.74) is 6.99. The first-order chi connectivity index (χ1) is 12.4. The first kappa shape index (κ1) is 17.8. The molecule has 7 nitrogen and oxygen atoms in total. The third-order valence-electron chi connectivity index (χ3n) is 4.72. The second-order valence-corrected chi connectivity index (χ2v) is 6.76. The number of nitrogens with zero attached hydrogens (tertiary/aromatic N) is 2. The molecule has 1 aromatic carbocycles. The second-order valence-electron chi connectivity index (χ2n) is 6.76. The van der Waals surface area contributed by atoms with E-state index in [1.54, 1.807) is 17.9 Å². The fourth-order valence-electron chi connectivity index (χ4n) is 3.32. The first-order valence-electron chi connectivity index (χ1n) is 8.63. The minimum absolute atomic E-state index is 0.0606. The number of carbonyl (C=O) groups is 2. The lowest BCUT2D eigenvalue weighted by molar-refractivity contribution is -0.129. The smallest absolute Gasteiger partial charge is 0.254 e. The van der Waals surface area contributed by atoms with E-state index in [9.17, 15) is 14.4 Å². The molecule has 0 radical (unpaired) electrons. The van der Waals surface area contributed by atoms with Crippen molar-refractivity contribution >= 4 is 11.8 Å². The zero-order chi connectivity index (χ0) is 18.7. The molecule has 1 unspecified atom stereocenters. The van der Waals surface area contributed by atoms with Gasteiger partial charge in [-0.05, 0) is 43.4 Å². The maximum atomic E-state index is 12.5. The highest BCUT2D eigenvalue weighted by Crippen LogP contribution is 2.22. The molecule has 26 heavy (non-hydrogen) atoms. The van der Waals surface area contributed by atoms with E-state index in [1.165, 1.54) is 6.20 Å². The number of rotatable bonds is 5. The van der Waals surface area contributed by atoms with E-state index in [-0.39, 0.29) is 17.9 Å². The van der Waals surface area contributed by atoms with Crippen LogP contribution in [0.2, 0.25) is 0 Å². The summed E-state index contributed by atoms with van der Waals surface area (Å²) in [6, 6.07) is 7.30. The average molecular weight is 354 g/mol. The van der Waals surface area contributed by atoms with Gasteiger partial charge < -0.3 is 15.6 Å². The Bertz CT molecular complexity index is 890. The van der Waals surface area contributed by atoms with E-state index in [4.69, 9.17) is 5.73 Å². The van der Waals surface area contributed by atoms with Crippen LogP contribution in [-0.2, 0) is 17.6 Å². The minimum Gasteiger partial charge on any atom is -0.366 e. The van der Waals surface area contributed by atoms with Crippen LogP contribution in [0.15, 0.2) is 35.3 Å². The van der Waals surface area contributed by atoms with Crippen molar-refractivity contribution in [2.24, 2.45) is 11.7 Å². The number of carbonyl (C=O) groups excluding carboxylic acids is 2. The fourth-order valence-corrected chi connectivity index (χ4v) is 3.32. The van der Waals surface area contributed by atoms with E-state index in [2.05, 4.69) is 9.97 Å². The van der Waals surface area contributed by atoms with Crippen LogP contribution < -0.4 is 11.3 Å². The van der Waals surface area contributed by atoms with E-state index in [1.807, 2.05) is 18.2 Å². The van der Waals surface area contributed by atoms with Gasteiger partial charge in [-0.2, -0.15) is 0 Å². The van der Waals surface area contributed by atoms with Crippen molar-refractivity contribution in [2.45, 2.75) is 26.2 Å². The molecule has 136 valence electrons. The highest BCUT2D eigenvalue weighted by Gasteiger charge is 2.27. The standard InChI is InChI=1S/C19H22N4O3/c1-12-21-10-16(19(26)22-12)9-17(24)23-6-5-14(11-23)7-13-3-2-4-15(8-13)18(20)25/h2-4,8,10,14H,5-7,9,11H2,1H3,(H2,20,25)(H,21,22,26). The molecular formula is C19H22N4O3. The van der Waals surface area contributed by atoms with Gasteiger partial charge in [0.05, 0.1) is 6.42 Å². The van der Waals surface area contributed by atoms with E-state index in [0.29, 0.717) is 36.0 Å². The van der Waals surface area contributed by atoms with Crippen LogP contribution in [0.4, 0.5) is 0 Å². The Hall–Kier alpha value is -2.96. The minimum atomic E-state index is -0.438. The van der Waals surface area contributed by atoms with Crippen molar-refractivity contribution in [1.29, 1.82) is 0 Å². The van der Waals surface area contributed by atoms with Crippen LogP contribution >= 0.6 is 0 Å². The van der Waals surface area contributed by atoms with E-state index in [0.717, 1.165) is 18.4 Å². The van der Waals surface area contributed by atoms with Gasteiger partial charge in [-0.15, -0.1) is 0 Å². The highest BCUT2D eigenvalue weighted by molar-refractivity contribution is 5.92. The molecule has 0 spiro atoms. The van der Waals surface area contributed by atoms with Gasteiger partial charge in [0.1, 0.15) is 5.82 Å². The largest absolute Gasteiger partial charge is 0.366 e. The van der Waals surface area contributed by atoms with Crippen molar-refractivity contribution in [1.82, 2.24) is 14.9 Å². The lowest BCUT2D eigenvalue weighted by Crippen LogP contribution is -2.32. The molecule has 3 rings (SSSR count). The molecule has 0 bridgehead atoms. The van der Waals surface area contributed by atoms with Crippen LogP contribution in [0.3, 0.4) is 0 Å². The van der Waals surface area contributed by atoms with Crippen LogP contribution in [-0.4, -0.2) is 39.8 Å². The van der Waals surface area contributed by atoms with Gasteiger partial charge in [0.15, 0.2) is 0 Å². The number of hydrogen-bond acceptors (Lipinski definition) is 4. The molecule has 2 aromatic rings. The Kier molecular flexibility index (Phi) is 5.16. The third-order valence-corrected chi connectivity index (χ3v) is 4.72. The summed E-state index contributed by atoms with van der Waals surface area (Å²) in [7, 11) is 0. The maximum absolute atomic E-state index is 12.5. The molecule has 1 fully saturated rings. The van der Waals surface area contributed by atoms with Crippen molar-refractivity contribution < 1.29 is 9.59 Å². The second kappa shape index (κ2) is 7.51. The van der Waals surface area contributed by atoms with Gasteiger partial charge >= 0.3 is 0 Å². The van der Waals surface area contributed by atoms with Crippen molar-refractivity contribution in [2.75, 3.05) is 13.1 Å². The number of aromatic amines is 1. The number of nitrogens with two attached hydrogens (primary N) is 1. The Morgan fingerprint density at radius 3 is 2.92 bits per heavy atom. The van der Waals surface area contributed by atoms with Crippen LogP contribution in [0.1, 0.15) is 33.7 Å². The first-order valence-corrected chi connectivity index (χ1v) is 8.63. The zero-order valence-electron chi connectivity index (χ0n) is 14.7. The van der Waals surface area contributed by atoms with Crippen LogP contribution in [0, 0.1) is 12.8 Å². The number of benzene rings is 1. The molecule has 1 atom stereocenters.